The molecule has 6 nitrogen and oxygen atoms in total. The highest BCUT2D eigenvalue weighted by atomic mass is 35.5. The van der Waals surface area contributed by atoms with Crippen molar-refractivity contribution in [1.29, 1.82) is 0 Å². The quantitative estimate of drug-likeness (QED) is 0.345. The second-order valence-corrected chi connectivity index (χ2v) is 13.2. The molecular weight excluding hydrogens is 528 g/mol. The van der Waals surface area contributed by atoms with Gasteiger partial charge in [0.25, 0.3) is 0 Å². The van der Waals surface area contributed by atoms with E-state index in [2.05, 4.69) is 43.3 Å². The summed E-state index contributed by atoms with van der Waals surface area (Å²) in [4.78, 5) is 27.8. The normalized spacial score (nSPS) is 32.8. The number of allylic oxidation sites excluding steroid dienone is 4. The van der Waals surface area contributed by atoms with E-state index in [0.717, 1.165) is 5.56 Å². The van der Waals surface area contributed by atoms with Crippen molar-refractivity contribution in [3.05, 3.63) is 64.2 Å². The molecule has 2 amide bonds. The first-order valence-electron chi connectivity index (χ1n) is 12.9. The summed E-state index contributed by atoms with van der Waals surface area (Å²) >= 11 is 12.1. The number of fused-ring (bicyclic) bond motifs is 2. The lowest BCUT2D eigenvalue weighted by Gasteiger charge is -2.42. The molecule has 4 rings (SSSR count). The molecule has 0 bridgehead atoms. The molecule has 1 saturated heterocycles. The number of halogens is 3. The molecule has 1 spiro atoms. The number of anilines is 1. The highest BCUT2D eigenvalue weighted by Gasteiger charge is 2.65. The van der Waals surface area contributed by atoms with Gasteiger partial charge in [-0.05, 0) is 60.9 Å². The Morgan fingerprint density at radius 2 is 2.03 bits per heavy atom. The summed E-state index contributed by atoms with van der Waals surface area (Å²) in [7, 11) is 0. The minimum atomic E-state index is -1.14. The van der Waals surface area contributed by atoms with Crippen LogP contribution in [-0.4, -0.2) is 47.3 Å². The van der Waals surface area contributed by atoms with Crippen molar-refractivity contribution < 1.29 is 19.1 Å². The van der Waals surface area contributed by atoms with E-state index in [1.807, 2.05) is 6.07 Å². The summed E-state index contributed by atoms with van der Waals surface area (Å²) < 4.78 is 12.9. The van der Waals surface area contributed by atoms with Gasteiger partial charge >= 0.3 is 0 Å². The van der Waals surface area contributed by atoms with Crippen molar-refractivity contribution in [3.63, 3.8) is 0 Å². The number of carbonyl (C=O) groups is 2. The molecule has 2 fully saturated rings. The zero-order chi connectivity index (χ0) is 28.0. The Labute approximate surface area is 233 Å². The van der Waals surface area contributed by atoms with Crippen LogP contribution in [0.1, 0.15) is 52.5 Å². The molecule has 38 heavy (non-hydrogen) atoms. The molecule has 206 valence electrons. The van der Waals surface area contributed by atoms with Gasteiger partial charge in [-0.1, -0.05) is 68.8 Å². The first kappa shape index (κ1) is 28.8. The number of hydrogen-bond donors (Lipinski definition) is 4. The van der Waals surface area contributed by atoms with E-state index in [1.54, 1.807) is 31.2 Å². The van der Waals surface area contributed by atoms with Gasteiger partial charge in [0.2, 0.25) is 11.8 Å². The number of rotatable bonds is 7. The molecule has 1 saturated carbocycles. The molecule has 0 aromatic heterocycles. The van der Waals surface area contributed by atoms with Crippen molar-refractivity contribution in [2.45, 2.75) is 76.1 Å². The third-order valence-electron chi connectivity index (χ3n) is 7.74. The zero-order valence-corrected chi connectivity index (χ0v) is 23.7. The van der Waals surface area contributed by atoms with Crippen molar-refractivity contribution in [2.75, 3.05) is 12.0 Å². The summed E-state index contributed by atoms with van der Waals surface area (Å²) in [5, 5.41) is 20.3. The van der Waals surface area contributed by atoms with Crippen LogP contribution < -0.4 is 16.0 Å². The summed E-state index contributed by atoms with van der Waals surface area (Å²) in [6.07, 6.45) is 6.22. The van der Waals surface area contributed by atoms with Gasteiger partial charge in [-0.3, -0.25) is 9.59 Å². The van der Waals surface area contributed by atoms with Gasteiger partial charge in [0.1, 0.15) is 12.1 Å². The van der Waals surface area contributed by atoms with Crippen molar-refractivity contribution in [1.82, 2.24) is 10.6 Å². The predicted molar refractivity (Wildman–Crippen MR) is 150 cm³/mol. The standard InChI is InChI=1S/C29H36Cl2FN3O3/c1-16(7-6-8-18(31)15-32)23-24(25(36)33-19-12-28(5,38)13-19)35-22(14-27(2,3)4)29(23)20-10-9-17(30)11-21(20)34-26(29)37/h6-11,19,22-24,35,38H,1,12-15H2,2-5H3,(H,33,36)(H,34,37)/b7-6-,18-8+/t19-,22-,23-,24+,28+,29+/m0/s1. The van der Waals surface area contributed by atoms with Gasteiger partial charge in [0.15, 0.2) is 0 Å². The van der Waals surface area contributed by atoms with Crippen LogP contribution in [0.4, 0.5) is 10.1 Å². The van der Waals surface area contributed by atoms with Gasteiger partial charge in [0, 0.05) is 33.7 Å². The number of aliphatic hydroxyl groups is 1. The Bertz CT molecular complexity index is 1200. The molecule has 4 atom stereocenters. The predicted octanol–water partition coefficient (Wildman–Crippen LogP) is 5.16. The van der Waals surface area contributed by atoms with Crippen LogP contribution in [0.15, 0.2) is 53.6 Å². The number of alkyl halides is 1. The molecule has 2 heterocycles. The molecule has 4 N–H and O–H groups in total. The van der Waals surface area contributed by atoms with E-state index in [0.29, 0.717) is 35.5 Å². The number of amides is 2. The topological polar surface area (TPSA) is 90.5 Å². The van der Waals surface area contributed by atoms with Gasteiger partial charge in [0.05, 0.1) is 11.6 Å². The maximum atomic E-state index is 14.0. The van der Waals surface area contributed by atoms with Crippen LogP contribution in [0.25, 0.3) is 0 Å². The maximum absolute atomic E-state index is 14.0. The molecular formula is C29H36Cl2FN3O3. The number of hydrogen-bond acceptors (Lipinski definition) is 4. The third-order valence-corrected chi connectivity index (χ3v) is 8.20. The molecule has 9 heteroatoms. The first-order valence-corrected chi connectivity index (χ1v) is 13.6. The molecule has 0 unspecified atom stereocenters. The van der Waals surface area contributed by atoms with Crippen LogP contribution in [0.5, 0.6) is 0 Å². The second-order valence-electron chi connectivity index (χ2n) is 12.2. The van der Waals surface area contributed by atoms with Gasteiger partial charge in [-0.15, -0.1) is 0 Å². The number of carbonyl (C=O) groups excluding carboxylic acids is 2. The van der Waals surface area contributed by atoms with Crippen molar-refractivity contribution in [2.24, 2.45) is 11.3 Å². The summed E-state index contributed by atoms with van der Waals surface area (Å²) in [6.45, 7) is 11.5. The molecule has 1 aliphatic carbocycles. The SMILES string of the molecule is C=C(/C=C\C=C(\Cl)CF)[C@H]1[C@H](C(=O)N[C@H]2C[C@@](C)(O)C2)N[C@@H](CC(C)(C)C)[C@@]12C(=O)Nc1cc(Cl)ccc12. The minimum Gasteiger partial charge on any atom is -0.390 e. The van der Waals surface area contributed by atoms with Crippen LogP contribution in [0, 0.1) is 11.3 Å². The second kappa shape index (κ2) is 10.4. The average molecular weight is 565 g/mol. The Morgan fingerprint density at radius 3 is 2.63 bits per heavy atom. The Kier molecular flexibility index (Phi) is 7.90. The molecule has 0 radical (unpaired) electrons. The fourth-order valence-corrected chi connectivity index (χ4v) is 6.54. The fraction of sp³-hybridized carbons (Fsp3) is 0.517. The summed E-state index contributed by atoms with van der Waals surface area (Å²) in [6, 6.07) is 3.99. The monoisotopic (exact) mass is 563 g/mol. The van der Waals surface area contributed by atoms with Gasteiger partial charge in [-0.25, -0.2) is 4.39 Å². The Morgan fingerprint density at radius 1 is 1.34 bits per heavy atom. The largest absolute Gasteiger partial charge is 0.390 e. The number of nitrogens with one attached hydrogen (secondary N) is 3. The molecule has 1 aromatic rings. The van der Waals surface area contributed by atoms with E-state index >= 15 is 0 Å². The van der Waals surface area contributed by atoms with Crippen LogP contribution >= 0.6 is 23.2 Å². The third kappa shape index (κ3) is 5.44. The summed E-state index contributed by atoms with van der Waals surface area (Å²) in [5.41, 5.74) is -0.206. The van der Waals surface area contributed by atoms with Gasteiger partial charge in [-0.2, -0.15) is 0 Å². The summed E-state index contributed by atoms with van der Waals surface area (Å²) in [5.74, 6) is -1.14. The van der Waals surface area contributed by atoms with E-state index in [4.69, 9.17) is 23.2 Å². The van der Waals surface area contributed by atoms with E-state index in [-0.39, 0.29) is 28.3 Å². The fourth-order valence-electron chi connectivity index (χ4n) is 6.29. The minimum absolute atomic E-state index is 0.0313. The highest BCUT2D eigenvalue weighted by Crippen LogP contribution is 2.55. The molecule has 2 aliphatic heterocycles. The van der Waals surface area contributed by atoms with Crippen LogP contribution in [-0.2, 0) is 15.0 Å². The molecule has 3 aliphatic rings. The Hall–Kier alpha value is -2.19. The smallest absolute Gasteiger partial charge is 0.238 e. The Balaban J connectivity index is 1.82. The lowest BCUT2D eigenvalue weighted by molar-refractivity contribution is -0.127. The van der Waals surface area contributed by atoms with Gasteiger partial charge < -0.3 is 21.1 Å². The molecule has 1 aromatic carbocycles. The van der Waals surface area contributed by atoms with Crippen molar-refractivity contribution in [3.8, 4) is 0 Å². The maximum Gasteiger partial charge on any atom is 0.238 e. The average Bonchev–Trinajstić information content (AvgIpc) is 3.26. The lowest BCUT2D eigenvalue weighted by Crippen LogP contribution is -2.57. The number of benzene rings is 1. The van der Waals surface area contributed by atoms with Crippen LogP contribution in [0.2, 0.25) is 5.02 Å². The van der Waals surface area contributed by atoms with E-state index in [9.17, 15) is 19.1 Å². The zero-order valence-electron chi connectivity index (χ0n) is 22.2. The van der Waals surface area contributed by atoms with Crippen molar-refractivity contribution >= 4 is 40.7 Å². The van der Waals surface area contributed by atoms with Crippen LogP contribution in [0.3, 0.4) is 0 Å². The highest BCUT2D eigenvalue weighted by molar-refractivity contribution is 6.31. The van der Waals surface area contributed by atoms with E-state index < -0.39 is 35.7 Å². The lowest BCUT2D eigenvalue weighted by atomic mass is 9.62. The first-order chi connectivity index (χ1) is 17.7. The van der Waals surface area contributed by atoms with E-state index in [1.165, 1.54) is 6.08 Å².